The van der Waals surface area contributed by atoms with Crippen molar-refractivity contribution in [1.29, 1.82) is 0 Å². The van der Waals surface area contributed by atoms with E-state index >= 15 is 0 Å². The Morgan fingerprint density at radius 3 is 1.94 bits per heavy atom. The number of benzene rings is 1. The lowest BCUT2D eigenvalue weighted by Gasteiger charge is -1.97. The van der Waals surface area contributed by atoms with Crippen LogP contribution in [-0.2, 0) is 14.5 Å². The first kappa shape index (κ1) is 17.5. The summed E-state index contributed by atoms with van der Waals surface area (Å²) in [6, 6.07) is 7.26. The summed E-state index contributed by atoms with van der Waals surface area (Å²) in [5.41, 5.74) is 1.73. The molecule has 0 saturated heterocycles. The summed E-state index contributed by atoms with van der Waals surface area (Å²) in [6.07, 6.45) is 0. The molecule has 5 heteroatoms. The van der Waals surface area contributed by atoms with Gasteiger partial charge in [0, 0.05) is 4.53 Å². The van der Waals surface area contributed by atoms with Gasteiger partial charge in [0.15, 0.2) is 0 Å². The summed E-state index contributed by atoms with van der Waals surface area (Å²) in [6.45, 7) is 5.68. The zero-order valence-electron chi connectivity index (χ0n) is 10.4. The maximum absolute atomic E-state index is 10.9. The Labute approximate surface area is 100 Å². The van der Waals surface area contributed by atoms with Crippen molar-refractivity contribution in [3.8, 4) is 0 Å². The third kappa shape index (κ3) is 9.04. The summed E-state index contributed by atoms with van der Waals surface area (Å²) >= 11 is 0. The van der Waals surface area contributed by atoms with Crippen LogP contribution < -0.4 is 0 Å². The van der Waals surface area contributed by atoms with Crippen LogP contribution in [-0.4, -0.2) is 19.6 Å². The van der Waals surface area contributed by atoms with E-state index in [0.29, 0.717) is 5.56 Å². The third-order valence-electron chi connectivity index (χ3n) is 1.51. The highest BCUT2D eigenvalue weighted by Gasteiger charge is 2.01. The number of methoxy groups -OCH3 is 1. The molecule has 0 fully saturated rings. The van der Waals surface area contributed by atoms with E-state index in [9.17, 15) is 9.32 Å². The Morgan fingerprint density at radius 2 is 1.65 bits per heavy atom. The van der Waals surface area contributed by atoms with Gasteiger partial charge in [-0.2, -0.15) is 0 Å². The minimum atomic E-state index is -0.292. The molecule has 0 unspecified atom stereocenters. The van der Waals surface area contributed by atoms with Gasteiger partial charge in [0.05, 0.1) is 12.7 Å². The van der Waals surface area contributed by atoms with E-state index in [2.05, 4.69) is 9.68 Å². The van der Waals surface area contributed by atoms with Gasteiger partial charge in [-0.25, -0.2) is 4.79 Å². The van der Waals surface area contributed by atoms with Crippen molar-refractivity contribution in [2.45, 2.75) is 20.8 Å². The molecule has 1 aromatic carbocycles. The monoisotopic (exact) mass is 244 g/mol. The second-order valence-corrected chi connectivity index (χ2v) is 2.54. The molecule has 0 amide bonds. The van der Waals surface area contributed by atoms with Gasteiger partial charge in [-0.05, 0) is 19.1 Å². The van der Waals surface area contributed by atoms with Crippen LogP contribution in [0.5, 0.6) is 0 Å². The Morgan fingerprint density at radius 1 is 1.24 bits per heavy atom. The molecule has 1 aromatic rings. The molecule has 17 heavy (non-hydrogen) atoms. The number of halogens is 1. The summed E-state index contributed by atoms with van der Waals surface area (Å²) < 4.78 is 14.4. The van der Waals surface area contributed by atoms with E-state index in [0.717, 1.165) is 5.56 Å². The van der Waals surface area contributed by atoms with Crippen molar-refractivity contribution in [3.63, 3.8) is 0 Å². The molecule has 1 rings (SSSR count). The first-order valence-corrected chi connectivity index (χ1v) is 5.01. The fourth-order valence-electron chi connectivity index (χ4n) is 0.807. The van der Waals surface area contributed by atoms with Crippen molar-refractivity contribution in [3.05, 3.63) is 35.4 Å². The maximum atomic E-state index is 10.9. The fraction of sp³-hybridized carbons (Fsp3) is 0.333. The molecular weight excluding hydrogens is 227 g/mol. The number of hydrogen-bond donors (Lipinski definition) is 0. The summed E-state index contributed by atoms with van der Waals surface area (Å²) in [4.78, 5) is 21.8. The molecule has 0 radical (unpaired) electrons. The molecule has 0 aliphatic heterocycles. The van der Waals surface area contributed by atoms with Crippen molar-refractivity contribution < 1.29 is 23.8 Å². The largest absolute Gasteiger partial charge is 0.465 e. The maximum Gasteiger partial charge on any atom is 0.337 e. The van der Waals surface area contributed by atoms with E-state index in [1.807, 2.05) is 32.9 Å². The standard InChI is InChI=1S/C9H10O2.C2H6.CHFO2/c1-7-3-5-8(6-4-7)9(10)11-2;1-2;2-4-1-3/h3-6H,1-2H3;1-2H3;1H. The lowest BCUT2D eigenvalue weighted by Crippen LogP contribution is -2.00. The van der Waals surface area contributed by atoms with Crippen LogP contribution in [0.2, 0.25) is 0 Å². The number of carbonyl (C=O) groups is 2. The van der Waals surface area contributed by atoms with Crippen molar-refractivity contribution >= 4 is 12.4 Å². The predicted octanol–water partition coefficient (Wildman–Crippen LogP) is 2.85. The topological polar surface area (TPSA) is 52.6 Å². The molecule has 0 N–H and O–H groups in total. The average molecular weight is 244 g/mol. The number of ether oxygens (including phenoxy) is 1. The van der Waals surface area contributed by atoms with Crippen LogP contribution in [0, 0.1) is 6.92 Å². The number of rotatable bonds is 2. The van der Waals surface area contributed by atoms with Crippen LogP contribution >= 0.6 is 0 Å². The summed E-state index contributed by atoms with van der Waals surface area (Å²) in [5, 5.41) is 0. The number of carbonyl (C=O) groups excluding carboxylic acids is 2. The van der Waals surface area contributed by atoms with Crippen molar-refractivity contribution in [2.24, 2.45) is 0 Å². The van der Waals surface area contributed by atoms with Crippen LogP contribution in [0.1, 0.15) is 29.8 Å². The Hall–Kier alpha value is -1.91. The molecule has 0 aromatic heterocycles. The Balaban J connectivity index is 0. The average Bonchev–Trinajstić information content (AvgIpc) is 2.41. The van der Waals surface area contributed by atoms with Gasteiger partial charge < -0.3 is 4.74 Å². The normalized spacial score (nSPS) is 7.59. The van der Waals surface area contributed by atoms with E-state index < -0.39 is 0 Å². The molecule has 0 bridgehead atoms. The Kier molecular flexibility index (Phi) is 12.5. The van der Waals surface area contributed by atoms with Gasteiger partial charge in [-0.1, -0.05) is 31.5 Å². The second kappa shape index (κ2) is 12.2. The van der Waals surface area contributed by atoms with Crippen LogP contribution in [0.4, 0.5) is 4.53 Å². The minimum Gasteiger partial charge on any atom is -0.465 e. The second-order valence-electron chi connectivity index (χ2n) is 2.54. The zero-order chi connectivity index (χ0) is 13.7. The predicted molar refractivity (Wildman–Crippen MR) is 62.1 cm³/mol. The fourth-order valence-corrected chi connectivity index (χ4v) is 0.807. The van der Waals surface area contributed by atoms with Gasteiger partial charge in [-0.3, -0.25) is 9.74 Å². The van der Waals surface area contributed by atoms with Crippen LogP contribution in [0.15, 0.2) is 24.3 Å². The van der Waals surface area contributed by atoms with Crippen LogP contribution in [0.25, 0.3) is 0 Å². The van der Waals surface area contributed by atoms with Gasteiger partial charge in [0.2, 0.25) is 0 Å². The van der Waals surface area contributed by atoms with Crippen molar-refractivity contribution in [1.82, 2.24) is 0 Å². The van der Waals surface area contributed by atoms with Crippen LogP contribution in [0.3, 0.4) is 0 Å². The lowest BCUT2D eigenvalue weighted by atomic mass is 10.2. The molecule has 0 atom stereocenters. The molecule has 0 heterocycles. The van der Waals surface area contributed by atoms with Gasteiger partial charge in [-0.15, -0.1) is 0 Å². The first-order chi connectivity index (χ1) is 8.15. The molecule has 0 saturated carbocycles. The highest BCUT2D eigenvalue weighted by molar-refractivity contribution is 5.89. The first-order valence-electron chi connectivity index (χ1n) is 5.01. The van der Waals surface area contributed by atoms with Gasteiger partial charge in [0.1, 0.15) is 0 Å². The Bertz CT molecular complexity index is 309. The molecule has 0 spiro atoms. The quantitative estimate of drug-likeness (QED) is 0.593. The summed E-state index contributed by atoms with van der Waals surface area (Å²) in [5.74, 6) is -0.287. The number of hydrogen-bond acceptors (Lipinski definition) is 4. The highest BCUT2D eigenvalue weighted by atomic mass is 19.3. The third-order valence-corrected chi connectivity index (χ3v) is 1.51. The number of esters is 1. The number of aryl methyl sites for hydroxylation is 1. The summed E-state index contributed by atoms with van der Waals surface area (Å²) in [7, 11) is 1.38. The minimum absolute atomic E-state index is 0.287. The van der Waals surface area contributed by atoms with Gasteiger partial charge in [0.25, 0.3) is 0 Å². The highest BCUT2D eigenvalue weighted by Crippen LogP contribution is 2.03. The molecule has 96 valence electrons. The van der Waals surface area contributed by atoms with E-state index in [-0.39, 0.29) is 12.4 Å². The molecule has 0 aliphatic rings. The van der Waals surface area contributed by atoms with Crippen molar-refractivity contribution in [2.75, 3.05) is 7.11 Å². The van der Waals surface area contributed by atoms with Gasteiger partial charge >= 0.3 is 12.4 Å². The molecule has 0 aliphatic carbocycles. The zero-order valence-corrected chi connectivity index (χ0v) is 10.4. The lowest BCUT2D eigenvalue weighted by molar-refractivity contribution is -0.165. The molecular formula is C12H17FO4. The SMILES string of the molecule is CC.COC(=O)c1ccc(C)cc1.O=COF. The van der Waals surface area contributed by atoms with E-state index in [4.69, 9.17) is 4.79 Å². The van der Waals surface area contributed by atoms with E-state index in [1.165, 1.54) is 7.11 Å². The van der Waals surface area contributed by atoms with E-state index in [1.54, 1.807) is 12.1 Å². The molecule has 4 nitrogen and oxygen atoms in total. The smallest absolute Gasteiger partial charge is 0.337 e.